The number of rotatable bonds is 7. The van der Waals surface area contributed by atoms with E-state index in [1.165, 1.54) is 6.07 Å². The molecule has 27 heavy (non-hydrogen) atoms. The smallest absolute Gasteiger partial charge is 0.413 e. The van der Waals surface area contributed by atoms with Crippen molar-refractivity contribution in [2.24, 2.45) is 0 Å². The van der Waals surface area contributed by atoms with E-state index in [2.05, 4.69) is 10.1 Å². The van der Waals surface area contributed by atoms with Crippen LogP contribution in [0.4, 0.5) is 9.80 Å². The fourth-order valence-electron chi connectivity index (χ4n) is 2.13. The maximum absolute atomic E-state index is 12.1. The van der Waals surface area contributed by atoms with E-state index in [-0.39, 0.29) is 28.5 Å². The molecule has 0 radical (unpaired) electrons. The Hall–Kier alpha value is -2.72. The molecule has 0 spiro atoms. The molecule has 2 aromatic rings. The second-order valence-corrected chi connectivity index (χ2v) is 8.59. The first-order chi connectivity index (χ1) is 12.8. The van der Waals surface area contributed by atoms with Gasteiger partial charge >= 0.3 is 6.09 Å². The first kappa shape index (κ1) is 20.6. The van der Waals surface area contributed by atoms with Crippen LogP contribution in [-0.4, -0.2) is 39.2 Å². The van der Waals surface area contributed by atoms with Crippen LogP contribution in [-0.2, 0) is 25.1 Å². The number of hydrogen-bond acceptors (Lipinski definition) is 7. The third-order valence-corrected chi connectivity index (χ3v) is 5.86. The molecule has 1 heterocycles. The Morgan fingerprint density at radius 3 is 2.48 bits per heavy atom. The Kier molecular flexibility index (Phi) is 7.08. The number of carbonyl (C=O) groups is 3. The minimum atomic E-state index is -3.45. The van der Waals surface area contributed by atoms with Crippen molar-refractivity contribution in [2.75, 3.05) is 18.2 Å². The Morgan fingerprint density at radius 2 is 1.81 bits per heavy atom. The molecule has 1 aromatic heterocycles. The number of ether oxygens (including phenoxy) is 1. The number of carbonyl (C=O) groups excluding carboxylic acids is 3. The van der Waals surface area contributed by atoms with Gasteiger partial charge < -0.3 is 10.1 Å². The highest BCUT2D eigenvalue weighted by Crippen LogP contribution is 2.23. The van der Waals surface area contributed by atoms with E-state index < -0.39 is 27.7 Å². The molecule has 2 rings (SSSR count). The van der Waals surface area contributed by atoms with Gasteiger partial charge in [0, 0.05) is 6.42 Å². The van der Waals surface area contributed by atoms with Crippen LogP contribution >= 0.6 is 11.3 Å². The van der Waals surface area contributed by atoms with Crippen molar-refractivity contribution in [1.82, 2.24) is 5.32 Å². The number of alkyl carbamates (subject to hydrolysis) is 1. The molecule has 2 N–H and O–H groups in total. The van der Waals surface area contributed by atoms with Gasteiger partial charge in [-0.1, -0.05) is 30.3 Å². The lowest BCUT2D eigenvalue weighted by atomic mass is 10.2. The number of hydrogen-bond donors (Lipinski definition) is 2. The molecule has 3 amide bonds. The molecule has 0 saturated heterocycles. The molecule has 1 aromatic carbocycles. The number of sulfone groups is 1. The van der Waals surface area contributed by atoms with E-state index in [1.54, 1.807) is 35.7 Å². The Balaban J connectivity index is 1.92. The fourth-order valence-corrected chi connectivity index (χ4v) is 4.28. The van der Waals surface area contributed by atoms with Gasteiger partial charge in [0.25, 0.3) is 5.91 Å². The van der Waals surface area contributed by atoms with Crippen molar-refractivity contribution in [3.05, 3.63) is 52.9 Å². The van der Waals surface area contributed by atoms with Crippen molar-refractivity contribution < 1.29 is 27.5 Å². The predicted octanol–water partition coefficient (Wildman–Crippen LogP) is 2.19. The van der Waals surface area contributed by atoms with Crippen LogP contribution in [0.15, 0.2) is 41.8 Å². The molecule has 0 aliphatic heterocycles. The van der Waals surface area contributed by atoms with Crippen LogP contribution < -0.4 is 10.6 Å². The standard InChI is InChI=1S/C17H18N2O6S2/c1-25-17(22)19-15(21)13-7-9-26-16(13)18-14(20)8-10-27(23,24)11-12-5-3-2-4-6-12/h2-7,9H,8,10-11H2,1H3,(H,18,20)(H,19,21,22). The van der Waals surface area contributed by atoms with E-state index >= 15 is 0 Å². The lowest BCUT2D eigenvalue weighted by molar-refractivity contribution is -0.115. The van der Waals surface area contributed by atoms with Crippen LogP contribution in [0, 0.1) is 0 Å². The van der Waals surface area contributed by atoms with Gasteiger partial charge in [0.2, 0.25) is 5.91 Å². The molecule has 0 aliphatic carbocycles. The van der Waals surface area contributed by atoms with Crippen LogP contribution in [0.3, 0.4) is 0 Å². The first-order valence-electron chi connectivity index (χ1n) is 7.82. The van der Waals surface area contributed by atoms with Gasteiger partial charge in [-0.05, 0) is 17.0 Å². The van der Waals surface area contributed by atoms with Crippen molar-refractivity contribution in [3.8, 4) is 0 Å². The molecule has 0 unspecified atom stereocenters. The topological polar surface area (TPSA) is 119 Å². The molecule has 0 aliphatic rings. The second-order valence-electron chi connectivity index (χ2n) is 5.48. The van der Waals surface area contributed by atoms with Crippen molar-refractivity contribution in [1.29, 1.82) is 0 Å². The van der Waals surface area contributed by atoms with E-state index in [1.807, 2.05) is 5.32 Å². The molecule has 144 valence electrons. The molecule has 0 fully saturated rings. The minimum Gasteiger partial charge on any atom is -0.453 e. The predicted molar refractivity (Wildman–Crippen MR) is 101 cm³/mol. The van der Waals surface area contributed by atoms with Crippen LogP contribution in [0.25, 0.3) is 0 Å². The number of amides is 3. The zero-order valence-electron chi connectivity index (χ0n) is 14.4. The third-order valence-electron chi connectivity index (χ3n) is 3.43. The van der Waals surface area contributed by atoms with Crippen molar-refractivity contribution in [3.63, 3.8) is 0 Å². The van der Waals surface area contributed by atoms with Gasteiger partial charge in [0.05, 0.1) is 24.2 Å². The normalized spacial score (nSPS) is 10.9. The summed E-state index contributed by atoms with van der Waals surface area (Å²) in [5, 5.41) is 6.28. The number of imide groups is 1. The summed E-state index contributed by atoms with van der Waals surface area (Å²) < 4.78 is 28.6. The summed E-state index contributed by atoms with van der Waals surface area (Å²) in [4.78, 5) is 35.1. The summed E-state index contributed by atoms with van der Waals surface area (Å²) in [6, 6.07) is 10.1. The summed E-state index contributed by atoms with van der Waals surface area (Å²) in [5.74, 6) is -1.73. The fraction of sp³-hybridized carbons (Fsp3) is 0.235. The zero-order chi connectivity index (χ0) is 19.9. The lowest BCUT2D eigenvalue weighted by Gasteiger charge is -2.07. The average molecular weight is 410 g/mol. The summed E-state index contributed by atoms with van der Waals surface area (Å²) >= 11 is 1.08. The monoisotopic (exact) mass is 410 g/mol. The zero-order valence-corrected chi connectivity index (χ0v) is 16.1. The quantitative estimate of drug-likeness (QED) is 0.722. The van der Waals surface area contributed by atoms with Crippen molar-refractivity contribution >= 4 is 44.1 Å². The number of anilines is 1. The molecule has 10 heteroatoms. The molecule has 0 saturated carbocycles. The number of methoxy groups -OCH3 is 1. The number of benzene rings is 1. The summed E-state index contributed by atoms with van der Waals surface area (Å²) in [6.07, 6.45) is -1.17. The number of nitrogens with one attached hydrogen (secondary N) is 2. The van der Waals surface area contributed by atoms with Gasteiger partial charge in [0.1, 0.15) is 5.00 Å². The van der Waals surface area contributed by atoms with E-state index in [0.29, 0.717) is 5.56 Å². The summed E-state index contributed by atoms with van der Waals surface area (Å²) in [7, 11) is -2.33. The van der Waals surface area contributed by atoms with Crippen LogP contribution in [0.5, 0.6) is 0 Å². The van der Waals surface area contributed by atoms with Gasteiger partial charge in [-0.25, -0.2) is 13.2 Å². The van der Waals surface area contributed by atoms with E-state index in [4.69, 9.17) is 0 Å². The average Bonchev–Trinajstić information content (AvgIpc) is 3.08. The molecule has 0 atom stereocenters. The van der Waals surface area contributed by atoms with E-state index in [9.17, 15) is 22.8 Å². The Morgan fingerprint density at radius 1 is 1.11 bits per heavy atom. The maximum Gasteiger partial charge on any atom is 0.413 e. The largest absolute Gasteiger partial charge is 0.453 e. The Labute approximate surface area is 160 Å². The van der Waals surface area contributed by atoms with Gasteiger partial charge in [-0.3, -0.25) is 14.9 Å². The third kappa shape index (κ3) is 6.50. The van der Waals surface area contributed by atoms with Gasteiger partial charge in [-0.15, -0.1) is 11.3 Å². The van der Waals surface area contributed by atoms with E-state index in [0.717, 1.165) is 18.4 Å². The summed E-state index contributed by atoms with van der Waals surface area (Å²) in [6.45, 7) is 0. The number of thiophene rings is 1. The Bertz CT molecular complexity index is 922. The highest BCUT2D eigenvalue weighted by atomic mass is 32.2. The minimum absolute atomic E-state index is 0.0888. The first-order valence-corrected chi connectivity index (χ1v) is 10.5. The van der Waals surface area contributed by atoms with Gasteiger partial charge in [-0.2, -0.15) is 0 Å². The molecule has 8 nitrogen and oxygen atoms in total. The maximum atomic E-state index is 12.1. The lowest BCUT2D eigenvalue weighted by Crippen LogP contribution is -2.30. The molecular weight excluding hydrogens is 392 g/mol. The highest BCUT2D eigenvalue weighted by Gasteiger charge is 2.19. The van der Waals surface area contributed by atoms with Crippen LogP contribution in [0.1, 0.15) is 22.3 Å². The molecular formula is C17H18N2O6S2. The highest BCUT2D eigenvalue weighted by molar-refractivity contribution is 7.90. The van der Waals surface area contributed by atoms with Gasteiger partial charge in [0.15, 0.2) is 9.84 Å². The summed E-state index contributed by atoms with van der Waals surface area (Å²) in [5.41, 5.74) is 0.740. The van der Waals surface area contributed by atoms with Crippen LogP contribution in [0.2, 0.25) is 0 Å². The SMILES string of the molecule is COC(=O)NC(=O)c1ccsc1NC(=O)CCS(=O)(=O)Cc1ccccc1. The second kappa shape index (κ2) is 9.28. The molecule has 0 bridgehead atoms. The van der Waals surface area contributed by atoms with Crippen molar-refractivity contribution in [2.45, 2.75) is 12.2 Å².